The molecular weight excluding hydrogens is 401 g/mol. The van der Waals surface area contributed by atoms with Gasteiger partial charge in [0.1, 0.15) is 11.5 Å². The highest BCUT2D eigenvalue weighted by Gasteiger charge is 2.25. The molecule has 5 rings (SSSR count). The molecule has 2 N–H and O–H groups in total. The number of nitrogens with zero attached hydrogens (tertiary/aromatic N) is 1. The van der Waals surface area contributed by atoms with E-state index in [0.717, 1.165) is 48.0 Å². The van der Waals surface area contributed by atoms with E-state index >= 15 is 0 Å². The van der Waals surface area contributed by atoms with Crippen LogP contribution in [-0.4, -0.2) is 34.9 Å². The zero-order valence-electron chi connectivity index (χ0n) is 17.9. The number of amides is 1. The molecule has 1 amide bonds. The first-order valence-corrected chi connectivity index (χ1v) is 11.1. The second kappa shape index (κ2) is 8.97. The average Bonchev–Trinajstić information content (AvgIpc) is 3.45. The number of fused-ring (bicyclic) bond motifs is 1. The van der Waals surface area contributed by atoms with E-state index in [0.29, 0.717) is 18.3 Å². The highest BCUT2D eigenvalue weighted by atomic mass is 19.1. The van der Waals surface area contributed by atoms with Gasteiger partial charge < -0.3 is 10.3 Å². The van der Waals surface area contributed by atoms with Crippen LogP contribution < -0.4 is 5.32 Å². The minimum absolute atomic E-state index is 0.0870. The third kappa shape index (κ3) is 4.43. The number of H-pyrrole nitrogens is 1. The smallest absolute Gasteiger partial charge is 0.267 e. The van der Waals surface area contributed by atoms with Crippen molar-refractivity contribution in [3.05, 3.63) is 95.9 Å². The topological polar surface area (TPSA) is 48.1 Å². The first kappa shape index (κ1) is 20.5. The summed E-state index contributed by atoms with van der Waals surface area (Å²) in [4.78, 5) is 18.5. The van der Waals surface area contributed by atoms with E-state index in [1.54, 1.807) is 12.1 Å². The fourth-order valence-corrected chi connectivity index (χ4v) is 4.53. The Balaban J connectivity index is 1.25. The quantitative estimate of drug-likeness (QED) is 0.435. The lowest BCUT2D eigenvalue weighted by Crippen LogP contribution is -2.39. The van der Waals surface area contributed by atoms with E-state index in [1.165, 1.54) is 17.7 Å². The fourth-order valence-electron chi connectivity index (χ4n) is 4.53. The number of hydrogen-bond donors (Lipinski definition) is 2. The number of halogens is 1. The Bertz CT molecular complexity index is 1220. The van der Waals surface area contributed by atoms with Crippen molar-refractivity contribution in [3.8, 4) is 11.1 Å². The maximum absolute atomic E-state index is 13.2. The van der Waals surface area contributed by atoms with Crippen LogP contribution in [0, 0.1) is 5.82 Å². The molecule has 1 aliphatic rings. The second-order valence-electron chi connectivity index (χ2n) is 8.45. The lowest BCUT2D eigenvalue weighted by Gasteiger charge is -2.24. The van der Waals surface area contributed by atoms with Crippen LogP contribution in [0.25, 0.3) is 22.0 Å². The Kier molecular flexibility index (Phi) is 5.73. The first-order chi connectivity index (χ1) is 15.7. The minimum Gasteiger partial charge on any atom is -0.351 e. The first-order valence-electron chi connectivity index (χ1n) is 11.1. The van der Waals surface area contributed by atoms with Gasteiger partial charge in [0.15, 0.2) is 0 Å². The molecule has 162 valence electrons. The number of likely N-dealkylation sites (tertiary alicyclic amines) is 1. The predicted octanol–water partition coefficient (Wildman–Crippen LogP) is 5.37. The number of aromatic nitrogens is 1. The summed E-state index contributed by atoms with van der Waals surface area (Å²) in [5.41, 5.74) is 4.67. The normalized spacial score (nSPS) is 16.5. The van der Waals surface area contributed by atoms with Crippen LogP contribution >= 0.6 is 0 Å². The Morgan fingerprint density at radius 3 is 2.59 bits per heavy atom. The van der Waals surface area contributed by atoms with Gasteiger partial charge in [-0.05, 0) is 60.3 Å². The van der Waals surface area contributed by atoms with Crippen LogP contribution in [-0.2, 0) is 6.54 Å². The van der Waals surface area contributed by atoms with Crippen LogP contribution in [0.1, 0.15) is 28.9 Å². The molecule has 2 heterocycles. The standard InChI is InChI=1S/C27H26FN3O/c28-23-12-10-20(11-13-23)21-8-9-22-16-26(30-25(22)15-21)27(32)29-17-24-7-4-14-31(24)18-19-5-2-1-3-6-19/h1-3,5-6,8-13,15-16,24,30H,4,7,14,17-18H2,(H,29,32). The molecule has 0 radical (unpaired) electrons. The van der Waals surface area contributed by atoms with Gasteiger partial charge in [-0.3, -0.25) is 9.69 Å². The molecule has 1 saturated heterocycles. The molecule has 5 heteroatoms. The second-order valence-corrected chi connectivity index (χ2v) is 8.45. The summed E-state index contributed by atoms with van der Waals surface area (Å²) < 4.78 is 13.2. The highest BCUT2D eigenvalue weighted by Crippen LogP contribution is 2.25. The van der Waals surface area contributed by atoms with E-state index in [4.69, 9.17) is 0 Å². The van der Waals surface area contributed by atoms with Gasteiger partial charge >= 0.3 is 0 Å². The zero-order valence-corrected chi connectivity index (χ0v) is 17.9. The molecule has 1 aliphatic heterocycles. The van der Waals surface area contributed by atoms with Crippen LogP contribution in [0.5, 0.6) is 0 Å². The fraction of sp³-hybridized carbons (Fsp3) is 0.222. The molecule has 4 aromatic rings. The summed E-state index contributed by atoms with van der Waals surface area (Å²) in [6.07, 6.45) is 2.26. The average molecular weight is 428 g/mol. The number of aromatic amines is 1. The number of hydrogen-bond acceptors (Lipinski definition) is 2. The summed E-state index contributed by atoms with van der Waals surface area (Å²) in [6, 6.07) is 25.1. The summed E-state index contributed by atoms with van der Waals surface area (Å²) in [7, 11) is 0. The molecule has 3 aromatic carbocycles. The number of nitrogens with one attached hydrogen (secondary N) is 2. The van der Waals surface area contributed by atoms with Crippen molar-refractivity contribution >= 4 is 16.8 Å². The van der Waals surface area contributed by atoms with E-state index < -0.39 is 0 Å². The summed E-state index contributed by atoms with van der Waals surface area (Å²) in [6.45, 7) is 2.62. The van der Waals surface area contributed by atoms with Crippen molar-refractivity contribution in [1.29, 1.82) is 0 Å². The molecule has 0 aliphatic carbocycles. The molecule has 0 saturated carbocycles. The van der Waals surface area contributed by atoms with Gasteiger partial charge in [-0.25, -0.2) is 4.39 Å². The SMILES string of the molecule is O=C(NCC1CCCN1Cc1ccccc1)c1cc2ccc(-c3ccc(F)cc3)cc2[nH]1. The van der Waals surface area contributed by atoms with E-state index in [9.17, 15) is 9.18 Å². The number of carbonyl (C=O) groups excluding carboxylic acids is 1. The highest BCUT2D eigenvalue weighted by molar-refractivity contribution is 5.98. The van der Waals surface area contributed by atoms with E-state index in [2.05, 4.69) is 39.5 Å². The predicted molar refractivity (Wildman–Crippen MR) is 126 cm³/mol. The monoisotopic (exact) mass is 427 g/mol. The van der Waals surface area contributed by atoms with Crippen LogP contribution in [0.2, 0.25) is 0 Å². The van der Waals surface area contributed by atoms with Crippen molar-refractivity contribution in [2.45, 2.75) is 25.4 Å². The number of rotatable bonds is 6. The van der Waals surface area contributed by atoms with Gasteiger partial charge in [-0.2, -0.15) is 0 Å². The molecular formula is C27H26FN3O. The largest absolute Gasteiger partial charge is 0.351 e. The molecule has 1 unspecified atom stereocenters. The Hall–Kier alpha value is -3.44. The summed E-state index contributed by atoms with van der Waals surface area (Å²) >= 11 is 0. The zero-order chi connectivity index (χ0) is 21.9. The van der Waals surface area contributed by atoms with Gasteiger partial charge in [0.2, 0.25) is 0 Å². The van der Waals surface area contributed by atoms with Crippen molar-refractivity contribution < 1.29 is 9.18 Å². The van der Waals surface area contributed by atoms with E-state index in [-0.39, 0.29) is 11.7 Å². The molecule has 0 spiro atoms. The third-order valence-electron chi connectivity index (χ3n) is 6.27. The lowest BCUT2D eigenvalue weighted by molar-refractivity contribution is 0.0935. The van der Waals surface area contributed by atoms with Gasteiger partial charge in [-0.15, -0.1) is 0 Å². The molecule has 1 fully saturated rings. The Morgan fingerprint density at radius 1 is 1.00 bits per heavy atom. The lowest BCUT2D eigenvalue weighted by atomic mass is 10.0. The molecule has 1 atom stereocenters. The van der Waals surface area contributed by atoms with Crippen molar-refractivity contribution in [2.75, 3.05) is 13.1 Å². The van der Waals surface area contributed by atoms with Crippen molar-refractivity contribution in [2.24, 2.45) is 0 Å². The maximum atomic E-state index is 13.2. The van der Waals surface area contributed by atoms with Crippen molar-refractivity contribution in [3.63, 3.8) is 0 Å². The van der Waals surface area contributed by atoms with Crippen LogP contribution in [0.15, 0.2) is 78.9 Å². The van der Waals surface area contributed by atoms with Crippen molar-refractivity contribution in [1.82, 2.24) is 15.2 Å². The molecule has 4 nitrogen and oxygen atoms in total. The van der Waals surface area contributed by atoms with Gasteiger partial charge in [0.25, 0.3) is 5.91 Å². The molecule has 0 bridgehead atoms. The molecule has 32 heavy (non-hydrogen) atoms. The Morgan fingerprint density at radius 2 is 1.78 bits per heavy atom. The molecule has 1 aromatic heterocycles. The minimum atomic E-state index is -0.252. The summed E-state index contributed by atoms with van der Waals surface area (Å²) in [5.74, 6) is -0.339. The van der Waals surface area contributed by atoms with Crippen LogP contribution in [0.4, 0.5) is 4.39 Å². The van der Waals surface area contributed by atoms with Gasteiger partial charge in [-0.1, -0.05) is 54.6 Å². The summed E-state index contributed by atoms with van der Waals surface area (Å²) in [5, 5.41) is 4.10. The maximum Gasteiger partial charge on any atom is 0.267 e. The van der Waals surface area contributed by atoms with Gasteiger partial charge in [0.05, 0.1) is 0 Å². The van der Waals surface area contributed by atoms with Gasteiger partial charge in [0, 0.05) is 30.0 Å². The third-order valence-corrected chi connectivity index (χ3v) is 6.27. The number of carbonyl (C=O) groups is 1. The Labute approximate surface area is 187 Å². The van der Waals surface area contributed by atoms with Crippen LogP contribution in [0.3, 0.4) is 0 Å². The number of benzene rings is 3. The van der Waals surface area contributed by atoms with E-state index in [1.807, 2.05) is 30.3 Å².